The molecule has 4 heteroatoms. The number of hydrogen-bond acceptors (Lipinski definition) is 4. The van der Waals surface area contributed by atoms with Crippen LogP contribution in [0.2, 0.25) is 0 Å². The molecule has 1 atom stereocenters. The first-order valence-corrected chi connectivity index (χ1v) is 7.01. The highest BCUT2D eigenvalue weighted by atomic mass is 32.2. The highest BCUT2D eigenvalue weighted by molar-refractivity contribution is 7.99. The van der Waals surface area contributed by atoms with E-state index in [-0.39, 0.29) is 0 Å². The molecule has 1 aromatic rings. The predicted octanol–water partition coefficient (Wildman–Crippen LogP) is 2.30. The lowest BCUT2D eigenvalue weighted by Gasteiger charge is -2.14. The molecule has 1 fully saturated rings. The van der Waals surface area contributed by atoms with Crippen molar-refractivity contribution in [2.45, 2.75) is 19.0 Å². The van der Waals surface area contributed by atoms with Crippen molar-refractivity contribution in [1.29, 1.82) is 0 Å². The molecule has 94 valence electrons. The molecule has 1 N–H and O–H groups in total. The summed E-state index contributed by atoms with van der Waals surface area (Å²) in [6.45, 7) is 0.860. The number of nitrogens with one attached hydrogen (secondary N) is 1. The van der Waals surface area contributed by atoms with E-state index in [1.165, 1.54) is 23.5 Å². The van der Waals surface area contributed by atoms with Gasteiger partial charge in [0.1, 0.15) is 11.5 Å². The quantitative estimate of drug-likeness (QED) is 0.872. The molecule has 0 aromatic heterocycles. The van der Waals surface area contributed by atoms with E-state index >= 15 is 0 Å². The molecule has 17 heavy (non-hydrogen) atoms. The highest BCUT2D eigenvalue weighted by Crippen LogP contribution is 2.25. The van der Waals surface area contributed by atoms with Gasteiger partial charge < -0.3 is 14.8 Å². The van der Waals surface area contributed by atoms with Gasteiger partial charge in [0.05, 0.1) is 14.2 Å². The first-order chi connectivity index (χ1) is 8.33. The Morgan fingerprint density at radius 2 is 2.24 bits per heavy atom. The molecule has 1 aliphatic rings. The molecule has 0 amide bonds. The summed E-state index contributed by atoms with van der Waals surface area (Å²) in [4.78, 5) is 0. The fourth-order valence-electron chi connectivity index (χ4n) is 1.95. The maximum Gasteiger partial charge on any atom is 0.127 e. The van der Waals surface area contributed by atoms with Gasteiger partial charge in [0.2, 0.25) is 0 Å². The topological polar surface area (TPSA) is 30.5 Å². The SMILES string of the molecule is COc1ccc(CN[C@H]2CCSC2)c(OC)c1. The smallest absolute Gasteiger partial charge is 0.127 e. The molecule has 1 saturated heterocycles. The molecular formula is C13H19NO2S. The van der Waals surface area contributed by atoms with Gasteiger partial charge in [0, 0.05) is 30.0 Å². The van der Waals surface area contributed by atoms with Gasteiger partial charge in [-0.1, -0.05) is 6.07 Å². The zero-order valence-corrected chi connectivity index (χ0v) is 11.2. The van der Waals surface area contributed by atoms with Crippen LogP contribution in [0.3, 0.4) is 0 Å². The van der Waals surface area contributed by atoms with Crippen molar-refractivity contribution in [1.82, 2.24) is 5.32 Å². The van der Waals surface area contributed by atoms with E-state index in [0.29, 0.717) is 6.04 Å². The van der Waals surface area contributed by atoms with E-state index in [4.69, 9.17) is 9.47 Å². The summed E-state index contributed by atoms with van der Waals surface area (Å²) in [5.74, 6) is 4.22. The third-order valence-electron chi connectivity index (χ3n) is 3.01. The second kappa shape index (κ2) is 6.17. The third-order valence-corrected chi connectivity index (χ3v) is 4.17. The molecule has 0 spiro atoms. The molecule has 1 aliphatic heterocycles. The van der Waals surface area contributed by atoms with Gasteiger partial charge in [-0.05, 0) is 18.2 Å². The fraction of sp³-hybridized carbons (Fsp3) is 0.538. The Morgan fingerprint density at radius 1 is 1.35 bits per heavy atom. The monoisotopic (exact) mass is 253 g/mol. The molecule has 2 rings (SSSR count). The minimum atomic E-state index is 0.645. The third kappa shape index (κ3) is 3.30. The second-order valence-corrected chi connectivity index (χ2v) is 5.27. The number of hydrogen-bond donors (Lipinski definition) is 1. The summed E-state index contributed by atoms with van der Waals surface area (Å²) >= 11 is 2.02. The Balaban J connectivity index is 1.98. The van der Waals surface area contributed by atoms with Crippen LogP contribution in [0.1, 0.15) is 12.0 Å². The Hall–Kier alpha value is -0.870. The van der Waals surface area contributed by atoms with Crippen LogP contribution >= 0.6 is 11.8 Å². The van der Waals surface area contributed by atoms with Crippen LogP contribution < -0.4 is 14.8 Å². The maximum atomic E-state index is 5.38. The number of benzene rings is 1. The van der Waals surface area contributed by atoms with Crippen LogP contribution in [-0.2, 0) is 6.54 Å². The fourth-order valence-corrected chi connectivity index (χ4v) is 3.13. The predicted molar refractivity (Wildman–Crippen MR) is 72.1 cm³/mol. The summed E-state index contributed by atoms with van der Waals surface area (Å²) in [5, 5.41) is 3.57. The zero-order valence-electron chi connectivity index (χ0n) is 10.4. The number of thioether (sulfide) groups is 1. The molecular weight excluding hydrogens is 234 g/mol. The first-order valence-electron chi connectivity index (χ1n) is 5.85. The Labute approximate surface area is 107 Å². The van der Waals surface area contributed by atoms with E-state index in [1.54, 1.807) is 14.2 Å². The minimum Gasteiger partial charge on any atom is -0.497 e. The van der Waals surface area contributed by atoms with Gasteiger partial charge in [-0.2, -0.15) is 11.8 Å². The van der Waals surface area contributed by atoms with E-state index in [0.717, 1.165) is 18.0 Å². The Kier molecular flexibility index (Phi) is 4.57. The van der Waals surface area contributed by atoms with Crippen LogP contribution in [0, 0.1) is 0 Å². The molecule has 3 nitrogen and oxygen atoms in total. The van der Waals surface area contributed by atoms with E-state index in [9.17, 15) is 0 Å². The number of methoxy groups -OCH3 is 2. The Morgan fingerprint density at radius 3 is 2.88 bits per heavy atom. The molecule has 0 saturated carbocycles. The largest absolute Gasteiger partial charge is 0.497 e. The summed E-state index contributed by atoms with van der Waals surface area (Å²) in [6.07, 6.45) is 1.27. The van der Waals surface area contributed by atoms with Crippen molar-refractivity contribution in [3.63, 3.8) is 0 Å². The molecule has 0 radical (unpaired) electrons. The summed E-state index contributed by atoms with van der Waals surface area (Å²) in [5.41, 5.74) is 1.19. The van der Waals surface area contributed by atoms with Crippen LogP contribution in [0.25, 0.3) is 0 Å². The highest BCUT2D eigenvalue weighted by Gasteiger charge is 2.15. The summed E-state index contributed by atoms with van der Waals surface area (Å²) < 4.78 is 10.6. The standard InChI is InChI=1S/C13H19NO2S/c1-15-12-4-3-10(13(7-12)16-2)8-14-11-5-6-17-9-11/h3-4,7,11,14H,5-6,8-9H2,1-2H3/t11-/m0/s1. The lowest BCUT2D eigenvalue weighted by atomic mass is 10.1. The van der Waals surface area contributed by atoms with Gasteiger partial charge in [-0.3, -0.25) is 0 Å². The van der Waals surface area contributed by atoms with Crippen molar-refractivity contribution in [2.75, 3.05) is 25.7 Å². The lowest BCUT2D eigenvalue weighted by molar-refractivity contribution is 0.389. The van der Waals surface area contributed by atoms with Crippen molar-refractivity contribution in [2.24, 2.45) is 0 Å². The van der Waals surface area contributed by atoms with Gasteiger partial charge >= 0.3 is 0 Å². The van der Waals surface area contributed by atoms with Crippen molar-refractivity contribution >= 4 is 11.8 Å². The van der Waals surface area contributed by atoms with Gasteiger partial charge in [-0.25, -0.2) is 0 Å². The molecule has 0 unspecified atom stereocenters. The van der Waals surface area contributed by atoms with E-state index < -0.39 is 0 Å². The van der Waals surface area contributed by atoms with Crippen molar-refractivity contribution in [3.05, 3.63) is 23.8 Å². The van der Waals surface area contributed by atoms with Crippen molar-refractivity contribution in [3.8, 4) is 11.5 Å². The molecule has 0 bridgehead atoms. The van der Waals surface area contributed by atoms with Gasteiger partial charge in [0.25, 0.3) is 0 Å². The van der Waals surface area contributed by atoms with Gasteiger partial charge in [-0.15, -0.1) is 0 Å². The summed E-state index contributed by atoms with van der Waals surface area (Å²) in [6, 6.07) is 6.61. The molecule has 1 aromatic carbocycles. The van der Waals surface area contributed by atoms with Crippen LogP contribution in [-0.4, -0.2) is 31.8 Å². The maximum absolute atomic E-state index is 5.38. The van der Waals surface area contributed by atoms with Crippen LogP contribution in [0.5, 0.6) is 11.5 Å². The first kappa shape index (κ1) is 12.6. The second-order valence-electron chi connectivity index (χ2n) is 4.12. The van der Waals surface area contributed by atoms with E-state index in [2.05, 4.69) is 11.4 Å². The Bertz CT molecular complexity index is 364. The van der Waals surface area contributed by atoms with Crippen LogP contribution in [0.4, 0.5) is 0 Å². The minimum absolute atomic E-state index is 0.645. The van der Waals surface area contributed by atoms with Crippen LogP contribution in [0.15, 0.2) is 18.2 Å². The summed E-state index contributed by atoms with van der Waals surface area (Å²) in [7, 11) is 3.37. The molecule has 1 heterocycles. The number of rotatable bonds is 5. The average Bonchev–Trinajstić information content (AvgIpc) is 2.89. The molecule has 0 aliphatic carbocycles. The van der Waals surface area contributed by atoms with E-state index in [1.807, 2.05) is 23.9 Å². The normalized spacial score (nSPS) is 19.3. The van der Waals surface area contributed by atoms with Crippen molar-refractivity contribution < 1.29 is 9.47 Å². The number of ether oxygens (including phenoxy) is 2. The average molecular weight is 253 g/mol. The van der Waals surface area contributed by atoms with Gasteiger partial charge in [0.15, 0.2) is 0 Å². The lowest BCUT2D eigenvalue weighted by Crippen LogP contribution is -2.28. The zero-order chi connectivity index (χ0) is 12.1.